The van der Waals surface area contributed by atoms with E-state index in [1.54, 1.807) is 13.8 Å². The Bertz CT molecular complexity index is 472. The number of carboxylic acids is 1. The molecular weight excluding hydrogens is 286 g/mol. The zero-order valence-corrected chi connectivity index (χ0v) is 12.7. The number of carbonyl (C=O) groups is 2. The Morgan fingerprint density at radius 1 is 1.35 bits per heavy atom. The van der Waals surface area contributed by atoms with Gasteiger partial charge in [0.05, 0.1) is 18.3 Å². The molecule has 0 heterocycles. The minimum Gasteiger partial charge on any atom is -0.481 e. The van der Waals surface area contributed by atoms with E-state index in [0.29, 0.717) is 19.3 Å². The van der Waals surface area contributed by atoms with Crippen LogP contribution >= 0.6 is 0 Å². The Hall–Kier alpha value is -1.15. The summed E-state index contributed by atoms with van der Waals surface area (Å²) < 4.78 is 30.7. The number of hydrogen-bond donors (Lipinski definition) is 1. The molecule has 1 saturated carbocycles. The van der Waals surface area contributed by atoms with Crippen LogP contribution < -0.4 is 0 Å². The van der Waals surface area contributed by atoms with Crippen molar-refractivity contribution in [2.75, 3.05) is 13.7 Å². The van der Waals surface area contributed by atoms with Crippen molar-refractivity contribution in [3.05, 3.63) is 0 Å². The molecule has 2 atom stereocenters. The van der Waals surface area contributed by atoms with Crippen LogP contribution in [-0.4, -0.2) is 54.7 Å². The lowest BCUT2D eigenvalue weighted by Gasteiger charge is -2.29. The number of carboxylic acid groups (broad SMARTS) is 1. The third-order valence-electron chi connectivity index (χ3n) is 3.57. The molecule has 0 radical (unpaired) electrons. The molecule has 20 heavy (non-hydrogen) atoms. The Balaban J connectivity index is 3.04. The lowest BCUT2D eigenvalue weighted by atomic mass is 10.1. The number of aliphatic carboxylic acids is 1. The molecule has 1 fully saturated rings. The first-order chi connectivity index (χ1) is 9.21. The van der Waals surface area contributed by atoms with Crippen LogP contribution in [0.4, 0.5) is 0 Å². The number of nitrogens with zero attached hydrogens (tertiary/aromatic N) is 1. The lowest BCUT2D eigenvalue weighted by molar-refractivity contribution is -0.141. The van der Waals surface area contributed by atoms with Crippen LogP contribution in [-0.2, 0) is 24.3 Å². The summed E-state index contributed by atoms with van der Waals surface area (Å²) in [4.78, 5) is 22.5. The van der Waals surface area contributed by atoms with Gasteiger partial charge in [0, 0.05) is 6.04 Å². The highest BCUT2D eigenvalue weighted by Gasteiger charge is 2.45. The fourth-order valence-electron chi connectivity index (χ4n) is 2.50. The maximum Gasteiger partial charge on any atom is 0.321 e. The van der Waals surface area contributed by atoms with Gasteiger partial charge in [-0.2, -0.15) is 4.31 Å². The zero-order valence-electron chi connectivity index (χ0n) is 11.9. The molecule has 0 aliphatic heterocycles. The standard InChI is InChI=1S/C12H21NO6S/c1-8(2)13(7-11(14)19-3)20(17,18)10-6-4-5-9(10)12(15)16/h8-10H,4-7H2,1-3H3,(H,15,16). The van der Waals surface area contributed by atoms with E-state index >= 15 is 0 Å². The summed E-state index contributed by atoms with van der Waals surface area (Å²) in [6, 6.07) is -0.436. The summed E-state index contributed by atoms with van der Waals surface area (Å²) in [6.07, 6.45) is 1.22. The summed E-state index contributed by atoms with van der Waals surface area (Å²) >= 11 is 0. The van der Waals surface area contributed by atoms with E-state index in [0.717, 1.165) is 4.31 Å². The molecule has 0 saturated heterocycles. The summed E-state index contributed by atoms with van der Waals surface area (Å²) in [6.45, 7) is 2.90. The lowest BCUT2D eigenvalue weighted by Crippen LogP contribution is -2.47. The smallest absolute Gasteiger partial charge is 0.321 e. The normalized spacial score (nSPS) is 23.2. The largest absolute Gasteiger partial charge is 0.481 e. The average molecular weight is 307 g/mol. The molecule has 2 unspecified atom stereocenters. The molecule has 0 aromatic heterocycles. The van der Waals surface area contributed by atoms with Gasteiger partial charge in [0.15, 0.2) is 0 Å². The second kappa shape index (κ2) is 6.53. The first-order valence-electron chi connectivity index (χ1n) is 6.52. The molecule has 116 valence electrons. The molecule has 0 bridgehead atoms. The van der Waals surface area contributed by atoms with Crippen molar-refractivity contribution in [2.45, 2.75) is 44.4 Å². The predicted octanol–water partition coefficient (Wildman–Crippen LogP) is 0.453. The van der Waals surface area contributed by atoms with Crippen molar-refractivity contribution < 1.29 is 27.9 Å². The molecule has 0 aromatic carbocycles. The maximum atomic E-state index is 12.6. The van der Waals surface area contributed by atoms with Crippen LogP contribution in [0.15, 0.2) is 0 Å². The van der Waals surface area contributed by atoms with E-state index in [9.17, 15) is 18.0 Å². The Kier molecular flexibility index (Phi) is 5.52. The quantitative estimate of drug-likeness (QED) is 0.715. The summed E-state index contributed by atoms with van der Waals surface area (Å²) in [5.41, 5.74) is 0. The predicted molar refractivity (Wildman–Crippen MR) is 71.5 cm³/mol. The number of methoxy groups -OCH3 is 1. The monoisotopic (exact) mass is 307 g/mol. The molecule has 8 heteroatoms. The van der Waals surface area contributed by atoms with Crippen LogP contribution in [0.5, 0.6) is 0 Å². The number of ether oxygens (including phenoxy) is 1. The van der Waals surface area contributed by atoms with Gasteiger partial charge in [0.2, 0.25) is 10.0 Å². The van der Waals surface area contributed by atoms with Gasteiger partial charge in [0.1, 0.15) is 6.54 Å². The van der Waals surface area contributed by atoms with E-state index in [4.69, 9.17) is 5.11 Å². The highest BCUT2D eigenvalue weighted by atomic mass is 32.2. The van der Waals surface area contributed by atoms with Crippen LogP contribution in [0.2, 0.25) is 0 Å². The van der Waals surface area contributed by atoms with E-state index < -0.39 is 39.2 Å². The minimum atomic E-state index is -3.85. The van der Waals surface area contributed by atoms with Crippen molar-refractivity contribution in [1.29, 1.82) is 0 Å². The van der Waals surface area contributed by atoms with Crippen molar-refractivity contribution in [3.8, 4) is 0 Å². The molecule has 1 rings (SSSR count). The number of carbonyl (C=O) groups excluding carboxylic acids is 1. The van der Waals surface area contributed by atoms with Gasteiger partial charge < -0.3 is 9.84 Å². The first-order valence-corrected chi connectivity index (χ1v) is 8.02. The summed E-state index contributed by atoms with van der Waals surface area (Å²) in [5.74, 6) is -2.66. The Morgan fingerprint density at radius 3 is 2.40 bits per heavy atom. The van der Waals surface area contributed by atoms with Crippen molar-refractivity contribution in [3.63, 3.8) is 0 Å². The molecule has 1 aliphatic carbocycles. The first kappa shape index (κ1) is 16.9. The Morgan fingerprint density at radius 2 is 1.95 bits per heavy atom. The summed E-state index contributed by atoms with van der Waals surface area (Å²) in [7, 11) is -2.66. The fraction of sp³-hybridized carbons (Fsp3) is 0.833. The third kappa shape index (κ3) is 3.49. The van der Waals surface area contributed by atoms with E-state index in [1.807, 2.05) is 0 Å². The van der Waals surface area contributed by atoms with Gasteiger partial charge in [-0.25, -0.2) is 8.42 Å². The van der Waals surface area contributed by atoms with E-state index in [2.05, 4.69) is 4.74 Å². The van der Waals surface area contributed by atoms with Gasteiger partial charge in [-0.05, 0) is 26.7 Å². The van der Waals surface area contributed by atoms with E-state index in [1.165, 1.54) is 7.11 Å². The van der Waals surface area contributed by atoms with Gasteiger partial charge in [-0.15, -0.1) is 0 Å². The van der Waals surface area contributed by atoms with Gasteiger partial charge in [-0.3, -0.25) is 9.59 Å². The minimum absolute atomic E-state index is 0.309. The van der Waals surface area contributed by atoms with Crippen LogP contribution in [0.3, 0.4) is 0 Å². The van der Waals surface area contributed by atoms with Crippen molar-refractivity contribution in [2.24, 2.45) is 5.92 Å². The second-order valence-corrected chi connectivity index (χ2v) is 7.28. The number of rotatable bonds is 6. The topological polar surface area (TPSA) is 101 Å². The number of sulfonamides is 1. The molecule has 1 aliphatic rings. The third-order valence-corrected chi connectivity index (χ3v) is 6.10. The van der Waals surface area contributed by atoms with Crippen LogP contribution in [0.25, 0.3) is 0 Å². The molecule has 0 amide bonds. The van der Waals surface area contributed by atoms with E-state index in [-0.39, 0.29) is 6.54 Å². The van der Waals surface area contributed by atoms with Gasteiger partial charge >= 0.3 is 11.9 Å². The zero-order chi connectivity index (χ0) is 15.5. The van der Waals surface area contributed by atoms with Crippen LogP contribution in [0.1, 0.15) is 33.1 Å². The SMILES string of the molecule is COC(=O)CN(C(C)C)S(=O)(=O)C1CCCC1C(=O)O. The van der Waals surface area contributed by atoms with Gasteiger partial charge in [0.25, 0.3) is 0 Å². The molecule has 1 N–H and O–H groups in total. The van der Waals surface area contributed by atoms with Gasteiger partial charge in [-0.1, -0.05) is 6.42 Å². The number of hydrogen-bond acceptors (Lipinski definition) is 5. The molecule has 7 nitrogen and oxygen atoms in total. The second-order valence-electron chi connectivity index (χ2n) is 5.17. The summed E-state index contributed by atoms with van der Waals surface area (Å²) in [5, 5.41) is 8.16. The highest BCUT2D eigenvalue weighted by Crippen LogP contribution is 2.33. The number of esters is 1. The molecule has 0 spiro atoms. The average Bonchev–Trinajstić information content (AvgIpc) is 2.84. The van der Waals surface area contributed by atoms with Crippen molar-refractivity contribution in [1.82, 2.24) is 4.31 Å². The van der Waals surface area contributed by atoms with Crippen LogP contribution in [0, 0.1) is 5.92 Å². The molecular formula is C12H21NO6S. The maximum absolute atomic E-state index is 12.6. The Labute approximate surface area is 118 Å². The fourth-order valence-corrected chi connectivity index (χ4v) is 4.85. The molecule has 0 aromatic rings. The van der Waals surface area contributed by atoms with Crippen molar-refractivity contribution >= 4 is 22.0 Å². The highest BCUT2D eigenvalue weighted by molar-refractivity contribution is 7.89.